The molecule has 0 saturated carbocycles. The number of hydrogen-bond acceptors (Lipinski definition) is 8. The van der Waals surface area contributed by atoms with Crippen LogP contribution in [-0.2, 0) is 26.9 Å². The quantitative estimate of drug-likeness (QED) is 0.525. The van der Waals surface area contributed by atoms with E-state index < -0.39 is 29.4 Å². The fraction of sp³-hybridized carbons (Fsp3) is 0.389. The van der Waals surface area contributed by atoms with Gasteiger partial charge in [-0.25, -0.2) is 9.36 Å². The maximum atomic E-state index is 13.1. The van der Waals surface area contributed by atoms with Crippen LogP contribution < -0.4 is 11.2 Å². The van der Waals surface area contributed by atoms with Gasteiger partial charge in [0, 0.05) is 24.3 Å². The number of fused-ring (bicyclic) bond motifs is 1. The van der Waals surface area contributed by atoms with Gasteiger partial charge in [0.15, 0.2) is 0 Å². The summed E-state index contributed by atoms with van der Waals surface area (Å²) >= 11 is 2.42. The molecular formula is C18H16F3N3O5S2. The topological polar surface area (TPSA) is 84.6 Å². The van der Waals surface area contributed by atoms with Crippen LogP contribution in [0.5, 0.6) is 0 Å². The van der Waals surface area contributed by atoms with Gasteiger partial charge in [0.25, 0.3) is 5.56 Å². The van der Waals surface area contributed by atoms with Crippen molar-refractivity contribution in [3.8, 4) is 5.69 Å². The molecule has 0 spiro atoms. The molecule has 0 amide bonds. The molecule has 1 fully saturated rings. The molecule has 3 aromatic rings. The molecule has 2 unspecified atom stereocenters. The van der Waals surface area contributed by atoms with Crippen molar-refractivity contribution in [1.29, 1.82) is 0 Å². The van der Waals surface area contributed by atoms with Crippen LogP contribution >= 0.6 is 23.6 Å². The highest BCUT2D eigenvalue weighted by Gasteiger charge is 2.35. The third kappa shape index (κ3) is 4.15. The van der Waals surface area contributed by atoms with Gasteiger partial charge in [-0.2, -0.15) is 17.5 Å². The molecule has 0 aliphatic carbocycles. The number of alkyl halides is 3. The van der Waals surface area contributed by atoms with E-state index in [2.05, 4.69) is 4.37 Å². The Hall–Kier alpha value is -2.19. The summed E-state index contributed by atoms with van der Waals surface area (Å²) in [4.78, 5) is 25.0. The lowest BCUT2D eigenvalue weighted by atomic mass is 10.2. The fourth-order valence-corrected chi connectivity index (χ4v) is 4.45. The van der Waals surface area contributed by atoms with Gasteiger partial charge >= 0.3 is 11.9 Å². The number of hydrogen-bond donors (Lipinski definition) is 0. The largest absolute Gasteiger partial charge is 0.431 e. The second kappa shape index (κ2) is 8.39. The van der Waals surface area contributed by atoms with E-state index in [0.717, 1.165) is 11.7 Å². The third-order valence-electron chi connectivity index (χ3n) is 4.69. The number of rotatable bonds is 5. The zero-order valence-electron chi connectivity index (χ0n) is 16.2. The van der Waals surface area contributed by atoms with Crippen molar-refractivity contribution in [2.24, 2.45) is 7.05 Å². The van der Waals surface area contributed by atoms with Gasteiger partial charge in [0.1, 0.15) is 11.4 Å². The van der Waals surface area contributed by atoms with E-state index in [-0.39, 0.29) is 11.8 Å². The van der Waals surface area contributed by atoms with E-state index in [1.807, 2.05) is 0 Å². The van der Waals surface area contributed by atoms with Crippen molar-refractivity contribution in [2.75, 3.05) is 19.5 Å². The van der Waals surface area contributed by atoms with Crippen molar-refractivity contribution < 1.29 is 26.8 Å². The fourth-order valence-electron chi connectivity index (χ4n) is 3.21. The first-order valence-corrected chi connectivity index (χ1v) is 10.6. The summed E-state index contributed by atoms with van der Waals surface area (Å²) in [6, 6.07) is 5.05. The van der Waals surface area contributed by atoms with E-state index in [1.54, 1.807) is 13.2 Å². The molecule has 1 aromatic carbocycles. The Labute approximate surface area is 181 Å². The minimum absolute atomic E-state index is 0.123. The molecule has 0 bridgehead atoms. The minimum Gasteiger partial charge on any atom is -0.344 e. The smallest absolute Gasteiger partial charge is 0.344 e. The first-order valence-electron chi connectivity index (χ1n) is 8.93. The molecule has 2 aromatic heterocycles. The molecule has 1 aliphatic heterocycles. The normalized spacial score (nSPS) is 19.4. The Kier molecular flexibility index (Phi) is 5.96. The SMILES string of the molecule is COSCC1COC(c2nsc3ccc(-n4c(=O)cc(C(F)(F)F)n(C)c4=O)cc23)O1. The Morgan fingerprint density at radius 2 is 2.10 bits per heavy atom. The van der Waals surface area contributed by atoms with Gasteiger partial charge in [-0.15, -0.1) is 0 Å². The molecule has 2 atom stereocenters. The van der Waals surface area contributed by atoms with E-state index >= 15 is 0 Å². The molecule has 1 aliphatic rings. The van der Waals surface area contributed by atoms with Gasteiger partial charge in [-0.05, 0) is 41.8 Å². The first kappa shape index (κ1) is 22.0. The van der Waals surface area contributed by atoms with Crippen LogP contribution in [0.1, 0.15) is 17.7 Å². The van der Waals surface area contributed by atoms with Crippen molar-refractivity contribution in [2.45, 2.75) is 18.6 Å². The van der Waals surface area contributed by atoms with Crippen LogP contribution in [0.25, 0.3) is 15.8 Å². The van der Waals surface area contributed by atoms with Gasteiger partial charge in [0.2, 0.25) is 6.29 Å². The number of nitrogens with zero attached hydrogens (tertiary/aromatic N) is 3. The highest BCUT2D eigenvalue weighted by molar-refractivity contribution is 7.94. The zero-order chi connectivity index (χ0) is 22.3. The van der Waals surface area contributed by atoms with Crippen molar-refractivity contribution in [3.63, 3.8) is 0 Å². The van der Waals surface area contributed by atoms with E-state index in [0.29, 0.717) is 38.6 Å². The average Bonchev–Trinajstić information content (AvgIpc) is 3.34. The average molecular weight is 475 g/mol. The summed E-state index contributed by atoms with van der Waals surface area (Å²) in [6.45, 7) is 0.346. The predicted octanol–water partition coefficient (Wildman–Crippen LogP) is 2.87. The summed E-state index contributed by atoms with van der Waals surface area (Å²) in [5.74, 6) is 0.567. The van der Waals surface area contributed by atoms with Crippen LogP contribution in [0.2, 0.25) is 0 Å². The number of halogens is 3. The maximum Gasteiger partial charge on any atom is 0.431 e. The first-order chi connectivity index (χ1) is 14.7. The molecule has 4 rings (SSSR count). The minimum atomic E-state index is -4.82. The number of benzene rings is 1. The molecular weight excluding hydrogens is 459 g/mol. The molecule has 166 valence electrons. The van der Waals surface area contributed by atoms with Gasteiger partial charge in [-0.1, -0.05) is 0 Å². The van der Waals surface area contributed by atoms with E-state index in [1.165, 1.54) is 35.7 Å². The van der Waals surface area contributed by atoms with Gasteiger partial charge in [0.05, 0.1) is 30.2 Å². The Balaban J connectivity index is 1.75. The second-order valence-electron chi connectivity index (χ2n) is 6.67. The summed E-state index contributed by atoms with van der Waals surface area (Å²) in [6.07, 6.45) is -5.76. The molecule has 1 saturated heterocycles. The molecule has 0 N–H and O–H groups in total. The highest BCUT2D eigenvalue weighted by Crippen LogP contribution is 2.35. The summed E-state index contributed by atoms with van der Waals surface area (Å²) in [5, 5.41) is 0.585. The Bertz CT molecular complexity index is 1240. The van der Waals surface area contributed by atoms with Gasteiger partial charge < -0.3 is 13.7 Å². The number of ether oxygens (including phenoxy) is 2. The standard InChI is InChI=1S/C18H16F3N3O5S2/c1-23-13(18(19,20)21)6-14(25)24(17(23)26)9-3-4-12-11(5-9)15(22-31-12)16-28-7-10(29-16)8-30-27-2/h3-6,10,16H,7-8H2,1-2H3. The van der Waals surface area contributed by atoms with Crippen molar-refractivity contribution >= 4 is 33.7 Å². The molecule has 3 heterocycles. The lowest BCUT2D eigenvalue weighted by Gasteiger charge is -2.14. The van der Waals surface area contributed by atoms with Crippen LogP contribution in [0.3, 0.4) is 0 Å². The van der Waals surface area contributed by atoms with Crippen molar-refractivity contribution in [3.05, 3.63) is 56.5 Å². The lowest BCUT2D eigenvalue weighted by molar-refractivity contribution is -0.144. The van der Waals surface area contributed by atoms with Crippen LogP contribution in [0, 0.1) is 0 Å². The third-order valence-corrected chi connectivity index (χ3v) is 6.28. The van der Waals surface area contributed by atoms with E-state index in [4.69, 9.17) is 13.7 Å². The Morgan fingerprint density at radius 1 is 1.32 bits per heavy atom. The second-order valence-corrected chi connectivity index (χ2v) is 8.37. The summed E-state index contributed by atoms with van der Waals surface area (Å²) in [5.41, 5.74) is -2.90. The van der Waals surface area contributed by atoms with Crippen LogP contribution in [-0.4, -0.2) is 39.1 Å². The highest BCUT2D eigenvalue weighted by atomic mass is 32.2. The molecule has 31 heavy (non-hydrogen) atoms. The zero-order valence-corrected chi connectivity index (χ0v) is 17.8. The number of aromatic nitrogens is 3. The summed E-state index contributed by atoms with van der Waals surface area (Å²) in [7, 11) is 2.52. The predicted molar refractivity (Wildman–Crippen MR) is 108 cm³/mol. The van der Waals surface area contributed by atoms with Crippen LogP contribution in [0.4, 0.5) is 13.2 Å². The molecule has 0 radical (unpaired) electrons. The van der Waals surface area contributed by atoms with Crippen molar-refractivity contribution in [1.82, 2.24) is 13.5 Å². The lowest BCUT2D eigenvalue weighted by Crippen LogP contribution is -2.40. The maximum absolute atomic E-state index is 13.1. The van der Waals surface area contributed by atoms with Crippen LogP contribution in [0.15, 0.2) is 33.9 Å². The Morgan fingerprint density at radius 3 is 2.81 bits per heavy atom. The molecule has 8 nitrogen and oxygen atoms in total. The van der Waals surface area contributed by atoms with Gasteiger partial charge in [-0.3, -0.25) is 9.36 Å². The summed E-state index contributed by atoms with van der Waals surface area (Å²) < 4.78 is 62.0. The van der Waals surface area contributed by atoms with E-state index in [9.17, 15) is 22.8 Å². The monoisotopic (exact) mass is 475 g/mol. The molecule has 13 heteroatoms.